The SMILES string of the molecule is C#CC(NS(=O)(=O)c1cc(Br)ccc1OC)C(C)C. The van der Waals surface area contributed by atoms with Gasteiger partial charge in [-0.25, -0.2) is 8.42 Å². The highest BCUT2D eigenvalue weighted by atomic mass is 79.9. The molecule has 1 aromatic rings. The lowest BCUT2D eigenvalue weighted by Gasteiger charge is -2.18. The number of rotatable bonds is 5. The van der Waals surface area contributed by atoms with E-state index in [0.29, 0.717) is 4.47 Å². The Labute approximate surface area is 122 Å². The zero-order valence-corrected chi connectivity index (χ0v) is 13.4. The zero-order chi connectivity index (χ0) is 14.6. The summed E-state index contributed by atoms with van der Waals surface area (Å²) in [5.74, 6) is 2.71. The molecule has 6 heteroatoms. The van der Waals surface area contributed by atoms with Crippen LogP contribution in [0.5, 0.6) is 5.75 Å². The van der Waals surface area contributed by atoms with Gasteiger partial charge in [-0.15, -0.1) is 6.42 Å². The predicted molar refractivity (Wildman–Crippen MR) is 78.5 cm³/mol. The normalized spacial score (nSPS) is 13.1. The Bertz CT molecular complexity index is 590. The molecule has 0 spiro atoms. The zero-order valence-electron chi connectivity index (χ0n) is 11.0. The Morgan fingerprint density at radius 3 is 2.53 bits per heavy atom. The molecular weight excluding hydrogens is 330 g/mol. The molecule has 1 atom stereocenters. The second kappa shape index (κ2) is 6.42. The third kappa shape index (κ3) is 3.96. The average molecular weight is 346 g/mol. The fraction of sp³-hybridized carbons (Fsp3) is 0.385. The molecule has 1 N–H and O–H groups in total. The molecule has 1 unspecified atom stereocenters. The second-order valence-corrected chi connectivity index (χ2v) is 6.90. The van der Waals surface area contributed by atoms with Gasteiger partial charge >= 0.3 is 0 Å². The van der Waals surface area contributed by atoms with Gasteiger partial charge in [0.15, 0.2) is 0 Å². The predicted octanol–water partition coefficient (Wildman–Crippen LogP) is 2.39. The van der Waals surface area contributed by atoms with Gasteiger partial charge in [-0.2, -0.15) is 4.72 Å². The Hall–Kier alpha value is -1.03. The third-order valence-corrected chi connectivity index (χ3v) is 4.50. The van der Waals surface area contributed by atoms with E-state index in [9.17, 15) is 8.42 Å². The molecule has 0 radical (unpaired) electrons. The Morgan fingerprint density at radius 1 is 1.42 bits per heavy atom. The van der Waals surface area contributed by atoms with E-state index >= 15 is 0 Å². The summed E-state index contributed by atoms with van der Waals surface area (Å²) in [5.41, 5.74) is 0. The van der Waals surface area contributed by atoms with Gasteiger partial charge in [0.25, 0.3) is 0 Å². The summed E-state index contributed by atoms with van der Waals surface area (Å²) in [6.45, 7) is 3.70. The number of ether oxygens (including phenoxy) is 1. The minimum Gasteiger partial charge on any atom is -0.495 e. The van der Waals surface area contributed by atoms with Crippen LogP contribution in [0, 0.1) is 18.3 Å². The van der Waals surface area contributed by atoms with Crippen LogP contribution in [-0.4, -0.2) is 21.6 Å². The standard InChI is InChI=1S/C13H16BrNO3S/c1-5-11(9(2)3)15-19(16,17)13-8-10(14)6-7-12(13)18-4/h1,6-9,11,15H,2-4H3. The lowest BCUT2D eigenvalue weighted by molar-refractivity contribution is 0.401. The van der Waals surface area contributed by atoms with Crippen molar-refractivity contribution < 1.29 is 13.2 Å². The van der Waals surface area contributed by atoms with Crippen LogP contribution in [-0.2, 0) is 10.0 Å². The summed E-state index contributed by atoms with van der Waals surface area (Å²) in [5, 5.41) is 0. The molecule has 19 heavy (non-hydrogen) atoms. The van der Waals surface area contributed by atoms with Gasteiger partial charge in [0, 0.05) is 4.47 Å². The number of hydrogen-bond donors (Lipinski definition) is 1. The van der Waals surface area contributed by atoms with Crippen LogP contribution in [0.15, 0.2) is 27.6 Å². The lowest BCUT2D eigenvalue weighted by atomic mass is 10.1. The first-order valence-electron chi connectivity index (χ1n) is 5.64. The van der Waals surface area contributed by atoms with Crippen molar-refractivity contribution >= 4 is 26.0 Å². The van der Waals surface area contributed by atoms with E-state index in [4.69, 9.17) is 11.2 Å². The van der Waals surface area contributed by atoms with Crippen LogP contribution in [0.2, 0.25) is 0 Å². The van der Waals surface area contributed by atoms with Gasteiger partial charge < -0.3 is 4.74 Å². The minimum absolute atomic E-state index is 0.00192. The highest BCUT2D eigenvalue weighted by molar-refractivity contribution is 9.10. The number of benzene rings is 1. The van der Waals surface area contributed by atoms with Crippen molar-refractivity contribution in [2.24, 2.45) is 5.92 Å². The van der Waals surface area contributed by atoms with E-state index in [2.05, 4.69) is 26.6 Å². The van der Waals surface area contributed by atoms with Crippen molar-refractivity contribution in [1.82, 2.24) is 4.72 Å². The van der Waals surface area contributed by atoms with Crippen molar-refractivity contribution in [3.05, 3.63) is 22.7 Å². The van der Waals surface area contributed by atoms with Crippen molar-refractivity contribution in [2.75, 3.05) is 7.11 Å². The maximum absolute atomic E-state index is 12.3. The summed E-state index contributed by atoms with van der Waals surface area (Å²) in [4.78, 5) is 0.0604. The number of hydrogen-bond acceptors (Lipinski definition) is 3. The molecule has 0 aliphatic heterocycles. The van der Waals surface area contributed by atoms with Crippen LogP contribution in [0.25, 0.3) is 0 Å². The molecule has 104 valence electrons. The highest BCUT2D eigenvalue weighted by Crippen LogP contribution is 2.27. The van der Waals surface area contributed by atoms with Crippen LogP contribution >= 0.6 is 15.9 Å². The molecule has 0 aromatic heterocycles. The molecule has 0 aliphatic rings. The van der Waals surface area contributed by atoms with Gasteiger partial charge in [0.2, 0.25) is 10.0 Å². The Balaban J connectivity index is 3.21. The van der Waals surface area contributed by atoms with Crippen LogP contribution in [0.1, 0.15) is 13.8 Å². The maximum atomic E-state index is 12.3. The maximum Gasteiger partial charge on any atom is 0.245 e. The van der Waals surface area contributed by atoms with Gasteiger partial charge in [-0.1, -0.05) is 35.7 Å². The summed E-state index contributed by atoms with van der Waals surface area (Å²) < 4.78 is 32.9. The molecule has 0 fully saturated rings. The number of sulfonamides is 1. The summed E-state index contributed by atoms with van der Waals surface area (Å²) >= 11 is 3.24. The number of nitrogens with one attached hydrogen (secondary N) is 1. The Morgan fingerprint density at radius 2 is 2.05 bits per heavy atom. The molecule has 1 aromatic carbocycles. The first-order valence-corrected chi connectivity index (χ1v) is 7.91. The van der Waals surface area contributed by atoms with Gasteiger partial charge in [-0.3, -0.25) is 0 Å². The van der Waals surface area contributed by atoms with Crippen LogP contribution in [0.4, 0.5) is 0 Å². The van der Waals surface area contributed by atoms with E-state index in [1.807, 2.05) is 13.8 Å². The Kier molecular flexibility index (Phi) is 5.41. The number of methoxy groups -OCH3 is 1. The quantitative estimate of drug-likeness (QED) is 0.833. The van der Waals surface area contributed by atoms with Crippen molar-refractivity contribution in [1.29, 1.82) is 0 Å². The van der Waals surface area contributed by atoms with E-state index in [1.54, 1.807) is 12.1 Å². The average Bonchev–Trinajstić information content (AvgIpc) is 2.35. The molecule has 0 saturated carbocycles. The number of terminal acetylenes is 1. The van der Waals surface area contributed by atoms with E-state index in [0.717, 1.165) is 0 Å². The van der Waals surface area contributed by atoms with Gasteiger partial charge in [0.1, 0.15) is 10.6 Å². The summed E-state index contributed by atoms with van der Waals surface area (Å²) in [6, 6.07) is 4.21. The fourth-order valence-electron chi connectivity index (χ4n) is 1.45. The van der Waals surface area contributed by atoms with Crippen LogP contribution in [0.3, 0.4) is 0 Å². The number of halogens is 1. The smallest absolute Gasteiger partial charge is 0.245 e. The monoisotopic (exact) mass is 345 g/mol. The second-order valence-electron chi connectivity index (χ2n) is 4.30. The third-order valence-electron chi connectivity index (χ3n) is 2.54. The summed E-state index contributed by atoms with van der Waals surface area (Å²) in [6.07, 6.45) is 5.34. The van der Waals surface area contributed by atoms with Crippen molar-refractivity contribution in [3.8, 4) is 18.1 Å². The van der Waals surface area contributed by atoms with E-state index in [1.165, 1.54) is 13.2 Å². The molecule has 0 amide bonds. The molecule has 0 bridgehead atoms. The van der Waals surface area contributed by atoms with Crippen molar-refractivity contribution in [3.63, 3.8) is 0 Å². The summed E-state index contributed by atoms with van der Waals surface area (Å²) in [7, 11) is -2.31. The first-order chi connectivity index (χ1) is 8.81. The van der Waals surface area contributed by atoms with Crippen LogP contribution < -0.4 is 9.46 Å². The van der Waals surface area contributed by atoms with E-state index in [-0.39, 0.29) is 16.6 Å². The molecular formula is C13H16BrNO3S. The van der Waals surface area contributed by atoms with Crippen molar-refractivity contribution in [2.45, 2.75) is 24.8 Å². The lowest BCUT2D eigenvalue weighted by Crippen LogP contribution is -2.37. The first kappa shape index (κ1) is 16.0. The molecule has 0 heterocycles. The fourth-order valence-corrected chi connectivity index (χ4v) is 3.47. The molecule has 1 rings (SSSR count). The minimum atomic E-state index is -3.73. The topological polar surface area (TPSA) is 55.4 Å². The molecule has 4 nitrogen and oxygen atoms in total. The molecule has 0 saturated heterocycles. The van der Waals surface area contributed by atoms with Gasteiger partial charge in [-0.05, 0) is 24.1 Å². The van der Waals surface area contributed by atoms with Gasteiger partial charge in [0.05, 0.1) is 13.2 Å². The van der Waals surface area contributed by atoms with E-state index < -0.39 is 16.1 Å². The molecule has 0 aliphatic carbocycles. The highest BCUT2D eigenvalue weighted by Gasteiger charge is 2.24. The largest absolute Gasteiger partial charge is 0.495 e.